The van der Waals surface area contributed by atoms with Crippen LogP contribution >= 0.6 is 11.8 Å². The summed E-state index contributed by atoms with van der Waals surface area (Å²) >= 11 is 0.862. The Kier molecular flexibility index (Phi) is 5.99. The Labute approximate surface area is 161 Å². The fraction of sp³-hybridized carbons (Fsp3) is 0.0500. The molecule has 3 rings (SSSR count). The molecule has 0 N–H and O–H groups in total. The lowest BCUT2D eigenvalue weighted by Crippen LogP contribution is -2.08. The van der Waals surface area contributed by atoms with Crippen molar-refractivity contribution in [2.45, 2.75) is 10.6 Å². The van der Waals surface area contributed by atoms with Gasteiger partial charge in [0.05, 0.1) is 5.56 Å². The van der Waals surface area contributed by atoms with E-state index in [0.717, 1.165) is 11.8 Å². The van der Waals surface area contributed by atoms with Crippen LogP contribution in [0.15, 0.2) is 59.5 Å². The summed E-state index contributed by atoms with van der Waals surface area (Å²) in [7, 11) is 0. The molecule has 0 amide bonds. The standard InChI is InChI=1S/C20H11F5O2S/c21-15-14(16(22)18(24)19(25)17(15)23)10-28-13-8-6-11(7-9-13)20(26)27-12-4-2-1-3-5-12/h1-9H,10H2. The van der Waals surface area contributed by atoms with Crippen LogP contribution in [0.5, 0.6) is 5.75 Å². The lowest BCUT2D eigenvalue weighted by molar-refractivity contribution is 0.0734. The highest BCUT2D eigenvalue weighted by molar-refractivity contribution is 7.98. The maximum atomic E-state index is 13.7. The van der Waals surface area contributed by atoms with Gasteiger partial charge in [0.2, 0.25) is 5.82 Å². The Morgan fingerprint density at radius 3 is 1.86 bits per heavy atom. The molecule has 3 aromatic carbocycles. The summed E-state index contributed by atoms with van der Waals surface area (Å²) in [6, 6.07) is 14.3. The topological polar surface area (TPSA) is 26.3 Å². The molecule has 0 aromatic heterocycles. The zero-order chi connectivity index (χ0) is 20.3. The Bertz CT molecular complexity index is 978. The Morgan fingerprint density at radius 1 is 0.750 bits per heavy atom. The zero-order valence-electron chi connectivity index (χ0n) is 14.0. The average molecular weight is 410 g/mol. The lowest BCUT2D eigenvalue weighted by Gasteiger charge is -2.08. The summed E-state index contributed by atoms with van der Waals surface area (Å²) in [6.45, 7) is 0. The van der Waals surface area contributed by atoms with E-state index in [1.807, 2.05) is 0 Å². The van der Waals surface area contributed by atoms with Crippen molar-refractivity contribution in [3.63, 3.8) is 0 Å². The van der Waals surface area contributed by atoms with Crippen molar-refractivity contribution < 1.29 is 31.5 Å². The molecule has 3 aromatic rings. The highest BCUT2D eigenvalue weighted by atomic mass is 32.2. The molecule has 8 heteroatoms. The summed E-state index contributed by atoms with van der Waals surface area (Å²) in [5, 5.41) is 0. The van der Waals surface area contributed by atoms with Crippen molar-refractivity contribution in [2.24, 2.45) is 0 Å². The molecule has 0 spiro atoms. The quantitative estimate of drug-likeness (QED) is 0.131. The second-order valence-corrected chi connectivity index (χ2v) is 6.61. The maximum Gasteiger partial charge on any atom is 0.343 e. The third kappa shape index (κ3) is 4.17. The SMILES string of the molecule is O=C(Oc1ccccc1)c1ccc(SCc2c(F)c(F)c(F)c(F)c2F)cc1. The predicted molar refractivity (Wildman–Crippen MR) is 93.6 cm³/mol. The summed E-state index contributed by atoms with van der Waals surface area (Å²) in [6.07, 6.45) is 0. The van der Waals surface area contributed by atoms with Crippen LogP contribution < -0.4 is 4.74 Å². The van der Waals surface area contributed by atoms with Crippen LogP contribution in [0, 0.1) is 29.1 Å². The molecule has 0 saturated heterocycles. The van der Waals surface area contributed by atoms with E-state index in [4.69, 9.17) is 4.74 Å². The smallest absolute Gasteiger partial charge is 0.343 e. The van der Waals surface area contributed by atoms with E-state index in [1.54, 1.807) is 30.3 Å². The first-order valence-electron chi connectivity index (χ1n) is 7.89. The normalized spacial score (nSPS) is 10.8. The molecule has 0 aliphatic heterocycles. The molecule has 0 bridgehead atoms. The molecule has 144 valence electrons. The van der Waals surface area contributed by atoms with Crippen LogP contribution in [-0.2, 0) is 5.75 Å². The summed E-state index contributed by atoms with van der Waals surface area (Å²) in [5.74, 6) is -10.6. The van der Waals surface area contributed by atoms with Gasteiger partial charge in [0, 0.05) is 16.2 Å². The van der Waals surface area contributed by atoms with Crippen molar-refractivity contribution in [3.05, 3.63) is 94.8 Å². The number of ether oxygens (including phenoxy) is 1. The minimum atomic E-state index is -2.19. The van der Waals surface area contributed by atoms with E-state index < -0.39 is 46.4 Å². The third-order valence-corrected chi connectivity index (χ3v) is 4.77. The molecular formula is C20H11F5O2S. The predicted octanol–water partition coefficient (Wildman–Crippen LogP) is 5.89. The summed E-state index contributed by atoms with van der Waals surface area (Å²) in [4.78, 5) is 12.5. The molecular weight excluding hydrogens is 399 g/mol. The molecule has 0 unspecified atom stereocenters. The van der Waals surface area contributed by atoms with Crippen LogP contribution in [0.25, 0.3) is 0 Å². The number of benzene rings is 3. The molecule has 0 atom stereocenters. The van der Waals surface area contributed by atoms with Gasteiger partial charge in [0.25, 0.3) is 0 Å². The Morgan fingerprint density at radius 2 is 1.29 bits per heavy atom. The van der Waals surface area contributed by atoms with E-state index in [1.165, 1.54) is 24.3 Å². The highest BCUT2D eigenvalue weighted by Gasteiger charge is 2.25. The number of esters is 1. The van der Waals surface area contributed by atoms with Crippen molar-refractivity contribution in [1.29, 1.82) is 0 Å². The van der Waals surface area contributed by atoms with Gasteiger partial charge in [-0.3, -0.25) is 0 Å². The molecule has 0 saturated carbocycles. The molecule has 0 aliphatic rings. The Hall–Kier alpha value is -2.87. The molecule has 0 heterocycles. The number of rotatable bonds is 5. The van der Waals surface area contributed by atoms with Crippen molar-refractivity contribution in [1.82, 2.24) is 0 Å². The van der Waals surface area contributed by atoms with Crippen molar-refractivity contribution in [2.75, 3.05) is 0 Å². The third-order valence-electron chi connectivity index (χ3n) is 3.73. The van der Waals surface area contributed by atoms with E-state index in [-0.39, 0.29) is 5.56 Å². The fourth-order valence-electron chi connectivity index (χ4n) is 2.27. The average Bonchev–Trinajstić information content (AvgIpc) is 2.72. The van der Waals surface area contributed by atoms with Crippen LogP contribution in [0.2, 0.25) is 0 Å². The van der Waals surface area contributed by atoms with Gasteiger partial charge in [-0.15, -0.1) is 11.8 Å². The monoisotopic (exact) mass is 410 g/mol. The van der Waals surface area contributed by atoms with Gasteiger partial charge >= 0.3 is 5.97 Å². The number of halogens is 5. The second kappa shape index (κ2) is 8.43. The fourth-order valence-corrected chi connectivity index (χ4v) is 3.17. The number of hydrogen-bond acceptors (Lipinski definition) is 3. The number of hydrogen-bond donors (Lipinski definition) is 0. The largest absolute Gasteiger partial charge is 0.423 e. The highest BCUT2D eigenvalue weighted by Crippen LogP contribution is 2.29. The van der Waals surface area contributed by atoms with Crippen LogP contribution in [0.1, 0.15) is 15.9 Å². The number of carbonyl (C=O) groups excluding carboxylic acids is 1. The number of para-hydroxylation sites is 1. The van der Waals surface area contributed by atoms with Gasteiger partial charge in [-0.2, -0.15) is 0 Å². The summed E-state index contributed by atoms with van der Waals surface area (Å²) in [5.41, 5.74) is -0.668. The molecule has 0 aliphatic carbocycles. The zero-order valence-corrected chi connectivity index (χ0v) is 14.8. The van der Waals surface area contributed by atoms with Crippen LogP contribution in [0.3, 0.4) is 0 Å². The van der Waals surface area contributed by atoms with E-state index in [0.29, 0.717) is 10.6 Å². The lowest BCUT2D eigenvalue weighted by atomic mass is 10.2. The van der Waals surface area contributed by atoms with Gasteiger partial charge in [0.1, 0.15) is 5.75 Å². The minimum Gasteiger partial charge on any atom is -0.423 e. The second-order valence-electron chi connectivity index (χ2n) is 5.56. The van der Waals surface area contributed by atoms with Gasteiger partial charge < -0.3 is 4.74 Å². The molecule has 0 fully saturated rings. The van der Waals surface area contributed by atoms with Crippen molar-refractivity contribution >= 4 is 17.7 Å². The first-order chi connectivity index (χ1) is 13.4. The van der Waals surface area contributed by atoms with Gasteiger partial charge in [0.15, 0.2) is 23.3 Å². The molecule has 0 radical (unpaired) electrons. The van der Waals surface area contributed by atoms with E-state index in [9.17, 15) is 26.7 Å². The first kappa shape index (κ1) is 19.9. The van der Waals surface area contributed by atoms with E-state index in [2.05, 4.69) is 0 Å². The van der Waals surface area contributed by atoms with Crippen LogP contribution in [0.4, 0.5) is 22.0 Å². The number of thioether (sulfide) groups is 1. The summed E-state index contributed by atoms with van der Waals surface area (Å²) < 4.78 is 72.1. The maximum absolute atomic E-state index is 13.7. The van der Waals surface area contributed by atoms with Gasteiger partial charge in [-0.25, -0.2) is 26.7 Å². The van der Waals surface area contributed by atoms with Crippen LogP contribution in [-0.4, -0.2) is 5.97 Å². The number of carbonyl (C=O) groups is 1. The minimum absolute atomic E-state index is 0.240. The van der Waals surface area contributed by atoms with Gasteiger partial charge in [-0.05, 0) is 36.4 Å². The van der Waals surface area contributed by atoms with Gasteiger partial charge in [-0.1, -0.05) is 18.2 Å². The van der Waals surface area contributed by atoms with Crippen molar-refractivity contribution in [3.8, 4) is 5.75 Å². The molecule has 28 heavy (non-hydrogen) atoms. The molecule has 2 nitrogen and oxygen atoms in total. The van der Waals surface area contributed by atoms with E-state index >= 15 is 0 Å². The first-order valence-corrected chi connectivity index (χ1v) is 8.87. The Balaban J connectivity index is 1.69.